The number of nitrogens with one attached hydrogen (secondary N) is 1. The molecule has 0 radical (unpaired) electrons. The number of thioether (sulfide) groups is 1. The molecule has 0 unspecified atom stereocenters. The quantitative estimate of drug-likeness (QED) is 0.870. The number of carboxylic acids is 1. The molecule has 0 bridgehead atoms. The summed E-state index contributed by atoms with van der Waals surface area (Å²) in [6.45, 7) is 4.70. The van der Waals surface area contributed by atoms with Crippen molar-refractivity contribution in [1.29, 1.82) is 0 Å². The SMILES string of the molecule is CC(C)c1ncc(NCC2CCSCC2)c(C(=O)O)n1. The maximum Gasteiger partial charge on any atom is 0.356 e. The summed E-state index contributed by atoms with van der Waals surface area (Å²) < 4.78 is 0. The predicted molar refractivity (Wildman–Crippen MR) is 81.6 cm³/mol. The summed E-state index contributed by atoms with van der Waals surface area (Å²) in [6.07, 6.45) is 3.97. The molecule has 20 heavy (non-hydrogen) atoms. The molecule has 1 aromatic rings. The second-order valence-electron chi connectivity index (χ2n) is 5.39. The van der Waals surface area contributed by atoms with Crippen LogP contribution in [0.5, 0.6) is 0 Å². The number of aromatic carboxylic acids is 1. The van der Waals surface area contributed by atoms with Crippen LogP contribution in [0.3, 0.4) is 0 Å². The molecule has 0 aliphatic carbocycles. The van der Waals surface area contributed by atoms with Gasteiger partial charge in [0.25, 0.3) is 0 Å². The average Bonchev–Trinajstić information content (AvgIpc) is 2.45. The molecule has 2 heterocycles. The van der Waals surface area contributed by atoms with E-state index in [4.69, 9.17) is 0 Å². The summed E-state index contributed by atoms with van der Waals surface area (Å²) in [5.41, 5.74) is 0.606. The van der Waals surface area contributed by atoms with Gasteiger partial charge in [0, 0.05) is 12.5 Å². The molecule has 1 saturated heterocycles. The molecular formula is C14H21N3O2S. The number of anilines is 1. The number of rotatable bonds is 5. The van der Waals surface area contributed by atoms with Crippen molar-refractivity contribution in [3.63, 3.8) is 0 Å². The molecule has 0 saturated carbocycles. The van der Waals surface area contributed by atoms with Gasteiger partial charge >= 0.3 is 5.97 Å². The lowest BCUT2D eigenvalue weighted by molar-refractivity contribution is 0.0691. The summed E-state index contributed by atoms with van der Waals surface area (Å²) >= 11 is 1.99. The normalized spacial score (nSPS) is 16.4. The zero-order valence-corrected chi connectivity index (χ0v) is 12.7. The van der Waals surface area contributed by atoms with Gasteiger partial charge in [0.05, 0.1) is 11.9 Å². The van der Waals surface area contributed by atoms with Crippen LogP contribution in [0, 0.1) is 5.92 Å². The lowest BCUT2D eigenvalue weighted by Crippen LogP contribution is -2.21. The van der Waals surface area contributed by atoms with E-state index in [0.717, 1.165) is 6.54 Å². The lowest BCUT2D eigenvalue weighted by Gasteiger charge is -2.22. The monoisotopic (exact) mass is 295 g/mol. The van der Waals surface area contributed by atoms with E-state index in [1.165, 1.54) is 24.3 Å². The van der Waals surface area contributed by atoms with Crippen molar-refractivity contribution in [2.24, 2.45) is 5.92 Å². The largest absolute Gasteiger partial charge is 0.476 e. The highest BCUT2D eigenvalue weighted by molar-refractivity contribution is 7.99. The van der Waals surface area contributed by atoms with Gasteiger partial charge in [0.15, 0.2) is 5.69 Å². The first-order chi connectivity index (χ1) is 9.58. The van der Waals surface area contributed by atoms with Gasteiger partial charge in [-0.15, -0.1) is 0 Å². The van der Waals surface area contributed by atoms with Gasteiger partial charge in [-0.2, -0.15) is 11.8 Å². The summed E-state index contributed by atoms with van der Waals surface area (Å²) in [7, 11) is 0. The van der Waals surface area contributed by atoms with E-state index in [0.29, 0.717) is 17.4 Å². The molecule has 1 fully saturated rings. The van der Waals surface area contributed by atoms with Gasteiger partial charge in [-0.25, -0.2) is 14.8 Å². The number of hydrogen-bond acceptors (Lipinski definition) is 5. The van der Waals surface area contributed by atoms with Gasteiger partial charge in [0.1, 0.15) is 5.82 Å². The van der Waals surface area contributed by atoms with Crippen LogP contribution in [0.4, 0.5) is 5.69 Å². The average molecular weight is 295 g/mol. The second-order valence-corrected chi connectivity index (χ2v) is 6.61. The fourth-order valence-corrected chi connectivity index (χ4v) is 3.37. The van der Waals surface area contributed by atoms with Crippen molar-refractivity contribution in [3.05, 3.63) is 17.7 Å². The first-order valence-corrected chi connectivity index (χ1v) is 8.15. The molecular weight excluding hydrogens is 274 g/mol. The van der Waals surface area contributed by atoms with E-state index in [-0.39, 0.29) is 11.6 Å². The topological polar surface area (TPSA) is 75.1 Å². The number of aromatic nitrogens is 2. The van der Waals surface area contributed by atoms with Crippen LogP contribution < -0.4 is 5.32 Å². The Hall–Kier alpha value is -1.30. The van der Waals surface area contributed by atoms with Crippen molar-refractivity contribution in [2.45, 2.75) is 32.6 Å². The molecule has 2 N–H and O–H groups in total. The Morgan fingerprint density at radius 1 is 1.50 bits per heavy atom. The number of carboxylic acid groups (broad SMARTS) is 1. The van der Waals surface area contributed by atoms with E-state index in [2.05, 4.69) is 15.3 Å². The minimum atomic E-state index is -1.00. The van der Waals surface area contributed by atoms with Gasteiger partial charge in [0.2, 0.25) is 0 Å². The smallest absolute Gasteiger partial charge is 0.356 e. The highest BCUT2D eigenvalue weighted by atomic mass is 32.2. The van der Waals surface area contributed by atoms with Crippen LogP contribution in [-0.2, 0) is 0 Å². The van der Waals surface area contributed by atoms with Gasteiger partial charge < -0.3 is 10.4 Å². The number of carbonyl (C=O) groups is 1. The Bertz CT molecular complexity index is 473. The van der Waals surface area contributed by atoms with E-state index in [1.807, 2.05) is 25.6 Å². The third kappa shape index (κ3) is 3.85. The van der Waals surface area contributed by atoms with Crippen molar-refractivity contribution >= 4 is 23.4 Å². The Morgan fingerprint density at radius 3 is 2.80 bits per heavy atom. The van der Waals surface area contributed by atoms with Crippen LogP contribution in [0.25, 0.3) is 0 Å². The summed E-state index contributed by atoms with van der Waals surface area (Å²) in [4.78, 5) is 19.7. The van der Waals surface area contributed by atoms with Crippen molar-refractivity contribution in [2.75, 3.05) is 23.4 Å². The second kappa shape index (κ2) is 6.92. The number of hydrogen-bond donors (Lipinski definition) is 2. The van der Waals surface area contributed by atoms with Gasteiger partial charge in [-0.05, 0) is 30.3 Å². The van der Waals surface area contributed by atoms with E-state index in [9.17, 15) is 9.90 Å². The Morgan fingerprint density at radius 2 is 2.20 bits per heavy atom. The molecule has 110 valence electrons. The fraction of sp³-hybridized carbons (Fsp3) is 0.643. The maximum atomic E-state index is 11.3. The van der Waals surface area contributed by atoms with Gasteiger partial charge in [-0.3, -0.25) is 0 Å². The minimum absolute atomic E-state index is 0.0777. The molecule has 0 atom stereocenters. The molecule has 1 aliphatic rings. The van der Waals surface area contributed by atoms with E-state index in [1.54, 1.807) is 6.20 Å². The Labute approximate surface area is 123 Å². The van der Waals surface area contributed by atoms with Crippen molar-refractivity contribution in [1.82, 2.24) is 9.97 Å². The molecule has 6 heteroatoms. The third-order valence-corrected chi connectivity index (χ3v) is 4.50. The minimum Gasteiger partial charge on any atom is -0.476 e. The van der Waals surface area contributed by atoms with E-state index >= 15 is 0 Å². The number of nitrogens with zero attached hydrogens (tertiary/aromatic N) is 2. The standard InChI is InChI=1S/C14H21N3O2S/c1-9(2)13-16-8-11(12(17-13)14(18)19)15-7-10-3-5-20-6-4-10/h8-10,15H,3-7H2,1-2H3,(H,18,19). The van der Waals surface area contributed by atoms with Gasteiger partial charge in [-0.1, -0.05) is 13.8 Å². The maximum absolute atomic E-state index is 11.3. The summed E-state index contributed by atoms with van der Waals surface area (Å²) in [5, 5.41) is 12.5. The summed E-state index contributed by atoms with van der Waals surface area (Å²) in [5.74, 6) is 2.69. The van der Waals surface area contributed by atoms with Crippen molar-refractivity contribution in [3.8, 4) is 0 Å². The zero-order valence-electron chi connectivity index (χ0n) is 11.9. The molecule has 0 aromatic carbocycles. The summed E-state index contributed by atoms with van der Waals surface area (Å²) in [6, 6.07) is 0. The first kappa shape index (κ1) is 15.1. The molecule has 0 spiro atoms. The third-order valence-electron chi connectivity index (χ3n) is 3.45. The molecule has 1 aliphatic heterocycles. The first-order valence-electron chi connectivity index (χ1n) is 6.99. The van der Waals surface area contributed by atoms with Crippen LogP contribution in [0.2, 0.25) is 0 Å². The zero-order chi connectivity index (χ0) is 14.5. The Kier molecular flexibility index (Phi) is 5.23. The molecule has 2 rings (SSSR count). The highest BCUT2D eigenvalue weighted by Gasteiger charge is 2.18. The van der Waals surface area contributed by atoms with Crippen LogP contribution in [0.15, 0.2) is 6.20 Å². The van der Waals surface area contributed by atoms with Crippen LogP contribution in [0.1, 0.15) is 48.9 Å². The fourth-order valence-electron chi connectivity index (χ4n) is 2.17. The predicted octanol–water partition coefficient (Wildman–Crippen LogP) is 2.85. The van der Waals surface area contributed by atoms with Crippen molar-refractivity contribution < 1.29 is 9.90 Å². The molecule has 5 nitrogen and oxygen atoms in total. The molecule has 1 aromatic heterocycles. The molecule has 0 amide bonds. The Balaban J connectivity index is 2.07. The van der Waals surface area contributed by atoms with Crippen LogP contribution >= 0.6 is 11.8 Å². The van der Waals surface area contributed by atoms with E-state index < -0.39 is 5.97 Å². The highest BCUT2D eigenvalue weighted by Crippen LogP contribution is 2.24. The van der Waals surface area contributed by atoms with Crippen LogP contribution in [-0.4, -0.2) is 39.1 Å². The lowest BCUT2D eigenvalue weighted by atomic mass is 10.0.